The second-order valence-corrected chi connectivity index (χ2v) is 5.96. The van der Waals surface area contributed by atoms with Crippen LogP contribution in [0.1, 0.15) is 31.9 Å². The minimum absolute atomic E-state index is 0.183. The molecule has 0 N–H and O–H groups in total. The number of amides is 1. The van der Waals surface area contributed by atoms with E-state index >= 15 is 0 Å². The molecule has 1 heterocycles. The van der Waals surface area contributed by atoms with Gasteiger partial charge in [0.25, 0.3) is 0 Å². The van der Waals surface area contributed by atoms with E-state index in [1.54, 1.807) is 6.92 Å². The summed E-state index contributed by atoms with van der Waals surface area (Å²) in [4.78, 5) is 15.7. The van der Waals surface area contributed by atoms with Gasteiger partial charge in [0, 0.05) is 39.6 Å². The fourth-order valence-electron chi connectivity index (χ4n) is 2.56. The normalized spacial score (nSPS) is 16.5. The lowest BCUT2D eigenvalue weighted by Gasteiger charge is -2.34. The smallest absolute Gasteiger partial charge is 0.219 e. The number of hydrogen-bond donors (Lipinski definition) is 0. The highest BCUT2D eigenvalue weighted by Gasteiger charge is 2.18. The summed E-state index contributed by atoms with van der Waals surface area (Å²) in [5.41, 5.74) is 2.54. The van der Waals surface area contributed by atoms with E-state index in [1.807, 2.05) is 4.90 Å². The van der Waals surface area contributed by atoms with Crippen molar-refractivity contribution in [3.63, 3.8) is 0 Å². The third-order valence-electron chi connectivity index (χ3n) is 3.80. The van der Waals surface area contributed by atoms with Crippen LogP contribution >= 0.6 is 0 Å². The van der Waals surface area contributed by atoms with Gasteiger partial charge in [-0.25, -0.2) is 0 Å². The van der Waals surface area contributed by atoms with Crippen molar-refractivity contribution in [2.24, 2.45) is 0 Å². The summed E-state index contributed by atoms with van der Waals surface area (Å²) in [5.74, 6) is 0.183. The summed E-state index contributed by atoms with van der Waals surface area (Å²) >= 11 is 0. The zero-order chi connectivity index (χ0) is 15.2. The van der Waals surface area contributed by atoms with E-state index in [-0.39, 0.29) is 12.0 Å². The Hall–Kier alpha value is -1.39. The van der Waals surface area contributed by atoms with Gasteiger partial charge in [-0.2, -0.15) is 0 Å². The first-order valence-corrected chi connectivity index (χ1v) is 7.72. The Labute approximate surface area is 127 Å². The van der Waals surface area contributed by atoms with E-state index in [0.717, 1.165) is 32.7 Å². The van der Waals surface area contributed by atoms with Crippen LogP contribution in [-0.4, -0.2) is 48.0 Å². The van der Waals surface area contributed by atoms with Gasteiger partial charge in [-0.15, -0.1) is 0 Å². The fourth-order valence-corrected chi connectivity index (χ4v) is 2.56. The maximum absolute atomic E-state index is 11.3. The Balaban J connectivity index is 1.86. The average Bonchev–Trinajstić information content (AvgIpc) is 2.46. The van der Waals surface area contributed by atoms with Gasteiger partial charge in [-0.1, -0.05) is 24.3 Å². The third-order valence-corrected chi connectivity index (χ3v) is 3.80. The predicted octanol–water partition coefficient (Wildman–Crippen LogP) is 2.28. The molecule has 0 bridgehead atoms. The molecular formula is C17H26N2O2. The summed E-state index contributed by atoms with van der Waals surface area (Å²) in [5, 5.41) is 0. The largest absolute Gasteiger partial charge is 0.374 e. The van der Waals surface area contributed by atoms with E-state index in [9.17, 15) is 4.79 Å². The first kappa shape index (κ1) is 16.0. The van der Waals surface area contributed by atoms with Crippen LogP contribution in [0.15, 0.2) is 24.3 Å². The van der Waals surface area contributed by atoms with Crippen molar-refractivity contribution in [3.8, 4) is 0 Å². The van der Waals surface area contributed by atoms with Crippen LogP contribution in [0.25, 0.3) is 0 Å². The van der Waals surface area contributed by atoms with Crippen molar-refractivity contribution >= 4 is 5.91 Å². The molecular weight excluding hydrogens is 264 g/mol. The van der Waals surface area contributed by atoms with Gasteiger partial charge in [-0.3, -0.25) is 9.69 Å². The Bertz CT molecular complexity index is 466. The lowest BCUT2D eigenvalue weighted by Crippen LogP contribution is -2.47. The molecule has 1 aromatic rings. The highest BCUT2D eigenvalue weighted by atomic mass is 16.5. The maximum Gasteiger partial charge on any atom is 0.219 e. The van der Waals surface area contributed by atoms with Crippen molar-refractivity contribution in [2.45, 2.75) is 40.0 Å². The van der Waals surface area contributed by atoms with E-state index < -0.39 is 0 Å². The summed E-state index contributed by atoms with van der Waals surface area (Å²) in [6.45, 7) is 10.9. The molecule has 4 heteroatoms. The first-order chi connectivity index (χ1) is 10.0. The molecule has 4 nitrogen and oxygen atoms in total. The number of nitrogens with zero attached hydrogens (tertiary/aromatic N) is 2. The number of ether oxygens (including phenoxy) is 1. The Morgan fingerprint density at radius 1 is 1.19 bits per heavy atom. The number of rotatable bonds is 5. The lowest BCUT2D eigenvalue weighted by atomic mass is 10.1. The van der Waals surface area contributed by atoms with E-state index in [1.165, 1.54) is 11.1 Å². The van der Waals surface area contributed by atoms with Crippen LogP contribution in [0.3, 0.4) is 0 Å². The molecule has 0 spiro atoms. The van der Waals surface area contributed by atoms with Gasteiger partial charge in [-0.05, 0) is 25.0 Å². The molecule has 0 saturated carbocycles. The molecule has 0 radical (unpaired) electrons. The van der Waals surface area contributed by atoms with Crippen molar-refractivity contribution in [1.82, 2.24) is 9.80 Å². The number of carbonyl (C=O) groups is 1. The summed E-state index contributed by atoms with van der Waals surface area (Å²) in [6.07, 6.45) is 0.258. The number of benzene rings is 1. The molecule has 1 fully saturated rings. The molecule has 1 amide bonds. The molecule has 1 aromatic carbocycles. The maximum atomic E-state index is 11.3. The minimum atomic E-state index is 0.183. The van der Waals surface area contributed by atoms with Crippen LogP contribution in [0.2, 0.25) is 0 Å². The molecule has 0 atom stereocenters. The second kappa shape index (κ2) is 7.57. The lowest BCUT2D eigenvalue weighted by molar-refractivity contribution is -0.130. The van der Waals surface area contributed by atoms with Crippen LogP contribution in [0.4, 0.5) is 0 Å². The topological polar surface area (TPSA) is 32.8 Å². The van der Waals surface area contributed by atoms with Gasteiger partial charge in [0.15, 0.2) is 0 Å². The van der Waals surface area contributed by atoms with Crippen LogP contribution in [-0.2, 0) is 22.7 Å². The fraction of sp³-hybridized carbons (Fsp3) is 0.588. The highest BCUT2D eigenvalue weighted by Crippen LogP contribution is 2.12. The molecule has 1 aliphatic heterocycles. The molecule has 116 valence electrons. The van der Waals surface area contributed by atoms with Crippen molar-refractivity contribution < 1.29 is 9.53 Å². The summed E-state index contributed by atoms with van der Waals surface area (Å²) in [7, 11) is 0. The molecule has 21 heavy (non-hydrogen) atoms. The average molecular weight is 290 g/mol. The first-order valence-electron chi connectivity index (χ1n) is 7.72. The SMILES string of the molecule is CC(=O)N1CCN(Cc2cccc(COC(C)C)c2)CC1. The summed E-state index contributed by atoms with van der Waals surface area (Å²) < 4.78 is 5.66. The molecule has 0 unspecified atom stereocenters. The third kappa shape index (κ3) is 5.14. The Morgan fingerprint density at radius 2 is 1.86 bits per heavy atom. The van der Waals surface area contributed by atoms with Crippen LogP contribution < -0.4 is 0 Å². The van der Waals surface area contributed by atoms with Crippen LogP contribution in [0.5, 0.6) is 0 Å². The summed E-state index contributed by atoms with van der Waals surface area (Å²) in [6, 6.07) is 8.59. The minimum Gasteiger partial charge on any atom is -0.374 e. The highest BCUT2D eigenvalue weighted by molar-refractivity contribution is 5.73. The predicted molar refractivity (Wildman–Crippen MR) is 83.9 cm³/mol. The van der Waals surface area contributed by atoms with Gasteiger partial charge in [0.2, 0.25) is 5.91 Å². The quantitative estimate of drug-likeness (QED) is 0.834. The van der Waals surface area contributed by atoms with Gasteiger partial charge < -0.3 is 9.64 Å². The monoisotopic (exact) mass is 290 g/mol. The zero-order valence-electron chi connectivity index (χ0n) is 13.3. The Kier molecular flexibility index (Phi) is 5.76. The number of carbonyl (C=O) groups excluding carboxylic acids is 1. The van der Waals surface area contributed by atoms with E-state index in [2.05, 4.69) is 43.0 Å². The van der Waals surface area contributed by atoms with Crippen molar-refractivity contribution in [1.29, 1.82) is 0 Å². The number of piperazine rings is 1. The molecule has 0 aromatic heterocycles. The number of hydrogen-bond acceptors (Lipinski definition) is 3. The molecule has 0 aliphatic carbocycles. The van der Waals surface area contributed by atoms with Gasteiger partial charge >= 0.3 is 0 Å². The van der Waals surface area contributed by atoms with E-state index in [0.29, 0.717) is 6.61 Å². The second-order valence-electron chi connectivity index (χ2n) is 5.96. The zero-order valence-corrected chi connectivity index (χ0v) is 13.3. The van der Waals surface area contributed by atoms with Gasteiger partial charge in [0.1, 0.15) is 0 Å². The molecule has 1 aliphatic rings. The van der Waals surface area contributed by atoms with Crippen molar-refractivity contribution in [3.05, 3.63) is 35.4 Å². The van der Waals surface area contributed by atoms with Crippen molar-refractivity contribution in [2.75, 3.05) is 26.2 Å². The van der Waals surface area contributed by atoms with E-state index in [4.69, 9.17) is 4.74 Å². The van der Waals surface area contributed by atoms with Crippen LogP contribution in [0, 0.1) is 0 Å². The van der Waals surface area contributed by atoms with Gasteiger partial charge in [0.05, 0.1) is 12.7 Å². The standard InChI is InChI=1S/C17H26N2O2/c1-14(2)21-13-17-6-4-5-16(11-17)12-18-7-9-19(10-8-18)15(3)20/h4-6,11,14H,7-10,12-13H2,1-3H3. The molecule has 1 saturated heterocycles. The molecule has 2 rings (SSSR count). The Morgan fingerprint density at radius 3 is 2.48 bits per heavy atom.